The monoisotopic (exact) mass is 272 g/mol. The molecule has 3 rings (SSSR count). The van der Waals surface area contributed by atoms with Crippen molar-refractivity contribution in [3.8, 4) is 0 Å². The van der Waals surface area contributed by atoms with E-state index in [2.05, 4.69) is 41.4 Å². The Morgan fingerprint density at radius 3 is 2.84 bits per heavy atom. The van der Waals surface area contributed by atoms with Crippen molar-refractivity contribution in [3.63, 3.8) is 0 Å². The number of amidine groups is 1. The van der Waals surface area contributed by atoms with E-state index in [-0.39, 0.29) is 5.50 Å². The molecule has 0 aromatic heterocycles. The van der Waals surface area contributed by atoms with Crippen LogP contribution in [0, 0.1) is 0 Å². The molecule has 98 valence electrons. The van der Waals surface area contributed by atoms with Gasteiger partial charge in [0.15, 0.2) is 5.84 Å². The minimum absolute atomic E-state index is 0.189. The fourth-order valence-corrected chi connectivity index (χ4v) is 2.74. The van der Waals surface area contributed by atoms with E-state index >= 15 is 0 Å². The Labute approximate surface area is 119 Å². The Morgan fingerprint density at radius 2 is 2.11 bits per heavy atom. The molecule has 3 heteroatoms. The Balaban J connectivity index is 1.90. The van der Waals surface area contributed by atoms with Gasteiger partial charge in [-0.3, -0.25) is 0 Å². The molecule has 0 bridgehead atoms. The van der Waals surface area contributed by atoms with Gasteiger partial charge in [-0.15, -0.1) is 0 Å². The second-order valence-electron chi connectivity index (χ2n) is 4.95. The van der Waals surface area contributed by atoms with Gasteiger partial charge in [0.1, 0.15) is 5.50 Å². The molecule has 0 saturated heterocycles. The highest BCUT2D eigenvalue weighted by Gasteiger charge is 2.20. The van der Waals surface area contributed by atoms with Gasteiger partial charge in [-0.1, -0.05) is 48.1 Å². The predicted molar refractivity (Wildman–Crippen MR) is 82.0 cm³/mol. The first-order valence-corrected chi connectivity index (χ1v) is 7.29. The minimum atomic E-state index is -0.189. The smallest absolute Gasteiger partial charge is 0.155 e. The minimum Gasteiger partial charge on any atom is -0.246 e. The van der Waals surface area contributed by atoms with Crippen molar-refractivity contribution in [1.29, 1.82) is 0 Å². The number of halogens is 1. The summed E-state index contributed by atoms with van der Waals surface area (Å²) in [4.78, 5) is 9.22. The number of nitrogens with zero attached hydrogens (tertiary/aromatic N) is 2. The van der Waals surface area contributed by atoms with E-state index < -0.39 is 0 Å². The van der Waals surface area contributed by atoms with Gasteiger partial charge >= 0.3 is 0 Å². The van der Waals surface area contributed by atoms with E-state index in [1.165, 1.54) is 5.57 Å². The van der Waals surface area contributed by atoms with Gasteiger partial charge in [0.05, 0.1) is 0 Å². The van der Waals surface area contributed by atoms with Crippen LogP contribution in [0.2, 0.25) is 0 Å². The van der Waals surface area contributed by atoms with Crippen molar-refractivity contribution in [2.45, 2.75) is 37.6 Å². The molecule has 19 heavy (non-hydrogen) atoms. The lowest BCUT2D eigenvalue weighted by Crippen LogP contribution is -2.20. The Morgan fingerprint density at radius 1 is 1.16 bits per heavy atom. The highest BCUT2D eigenvalue weighted by Crippen LogP contribution is 2.24. The maximum Gasteiger partial charge on any atom is 0.155 e. The van der Waals surface area contributed by atoms with Gasteiger partial charge in [-0.05, 0) is 31.3 Å². The van der Waals surface area contributed by atoms with Gasteiger partial charge in [0.25, 0.3) is 0 Å². The Bertz CT molecular complexity index is 547. The number of aliphatic imine (C=N–C) groups is 2. The molecule has 0 saturated carbocycles. The van der Waals surface area contributed by atoms with Gasteiger partial charge in [-0.2, -0.15) is 0 Å². The first-order chi connectivity index (χ1) is 9.33. The highest BCUT2D eigenvalue weighted by atomic mass is 35.5. The van der Waals surface area contributed by atoms with Crippen LogP contribution in [0.25, 0.3) is 0 Å². The van der Waals surface area contributed by atoms with Gasteiger partial charge in [-0.25, -0.2) is 9.98 Å². The number of allylic oxidation sites excluding steroid dienone is 6. The summed E-state index contributed by atoms with van der Waals surface area (Å²) in [5, 5.41) is 0. The first-order valence-electron chi connectivity index (χ1n) is 6.85. The third-order valence-electron chi connectivity index (χ3n) is 3.50. The molecular weight excluding hydrogens is 256 g/mol. The van der Waals surface area contributed by atoms with Crippen molar-refractivity contribution < 1.29 is 0 Å². The zero-order valence-electron chi connectivity index (χ0n) is 10.8. The Kier molecular flexibility index (Phi) is 3.79. The maximum absolute atomic E-state index is 6.28. The van der Waals surface area contributed by atoms with Gasteiger partial charge in [0.2, 0.25) is 0 Å². The lowest BCUT2D eigenvalue weighted by Gasteiger charge is -2.20. The molecule has 0 radical (unpaired) electrons. The standard InChI is InChI=1S/C16H17ClN2/c17-15-11-14(12-7-3-1-4-8-12)18-16(19-15)13-9-5-2-6-10-13/h1,3,5,7,9-10,15H,2,4,6,8,11H2. The topological polar surface area (TPSA) is 24.7 Å². The van der Waals surface area contributed by atoms with Crippen molar-refractivity contribution in [3.05, 3.63) is 47.6 Å². The van der Waals surface area contributed by atoms with Crippen LogP contribution in [0.15, 0.2) is 57.6 Å². The quantitative estimate of drug-likeness (QED) is 0.527. The van der Waals surface area contributed by atoms with Crippen LogP contribution in [0.5, 0.6) is 0 Å². The summed E-state index contributed by atoms with van der Waals surface area (Å²) in [6.07, 6.45) is 18.0. The van der Waals surface area contributed by atoms with Gasteiger partial charge in [0, 0.05) is 17.7 Å². The average molecular weight is 273 g/mol. The lowest BCUT2D eigenvalue weighted by molar-refractivity contribution is 0.908. The Hall–Kier alpha value is -1.41. The molecule has 0 N–H and O–H groups in total. The molecule has 3 aliphatic rings. The summed E-state index contributed by atoms with van der Waals surface area (Å²) in [5.74, 6) is 0.799. The fourth-order valence-electron chi connectivity index (χ4n) is 2.50. The third-order valence-corrected chi connectivity index (χ3v) is 3.75. The number of hydrogen-bond donors (Lipinski definition) is 0. The zero-order chi connectivity index (χ0) is 13.1. The highest BCUT2D eigenvalue weighted by molar-refractivity contribution is 6.26. The summed E-state index contributed by atoms with van der Waals surface area (Å²) < 4.78 is 0. The summed E-state index contributed by atoms with van der Waals surface area (Å²) in [7, 11) is 0. The molecule has 0 aromatic carbocycles. The summed E-state index contributed by atoms with van der Waals surface area (Å²) in [5.41, 5.74) is 3.33. The second-order valence-corrected chi connectivity index (χ2v) is 5.45. The SMILES string of the molecule is ClC1CC(C2=CC=CCC2)=NC(C2=CCCC=C2)=N1. The summed E-state index contributed by atoms with van der Waals surface area (Å²) in [6.45, 7) is 0. The van der Waals surface area contributed by atoms with Crippen molar-refractivity contribution >= 4 is 23.1 Å². The lowest BCUT2D eigenvalue weighted by atomic mass is 9.97. The first kappa shape index (κ1) is 12.6. The molecule has 0 amide bonds. The van der Waals surface area contributed by atoms with E-state index in [0.717, 1.165) is 49.2 Å². The molecule has 1 aliphatic heterocycles. The largest absolute Gasteiger partial charge is 0.246 e. The second kappa shape index (κ2) is 5.70. The molecule has 1 heterocycles. The van der Waals surface area contributed by atoms with E-state index in [4.69, 9.17) is 16.6 Å². The fraction of sp³-hybridized carbons (Fsp3) is 0.375. The number of alkyl halides is 1. The third kappa shape index (κ3) is 2.95. The average Bonchev–Trinajstić information content (AvgIpc) is 2.48. The molecule has 0 spiro atoms. The van der Waals surface area contributed by atoms with Crippen LogP contribution in [-0.2, 0) is 0 Å². The normalized spacial score (nSPS) is 26.5. The number of hydrogen-bond acceptors (Lipinski definition) is 2. The predicted octanol–water partition coefficient (Wildman–Crippen LogP) is 4.35. The van der Waals surface area contributed by atoms with E-state index in [1.807, 2.05) is 0 Å². The molecule has 1 atom stereocenters. The van der Waals surface area contributed by atoms with Crippen molar-refractivity contribution in [1.82, 2.24) is 0 Å². The molecule has 1 unspecified atom stereocenters. The van der Waals surface area contributed by atoms with E-state index in [9.17, 15) is 0 Å². The van der Waals surface area contributed by atoms with Gasteiger partial charge < -0.3 is 0 Å². The van der Waals surface area contributed by atoms with Crippen molar-refractivity contribution in [2.24, 2.45) is 9.98 Å². The molecule has 0 fully saturated rings. The van der Waals surface area contributed by atoms with Crippen LogP contribution < -0.4 is 0 Å². The van der Waals surface area contributed by atoms with Crippen LogP contribution in [0.4, 0.5) is 0 Å². The van der Waals surface area contributed by atoms with E-state index in [1.54, 1.807) is 0 Å². The molecule has 2 aliphatic carbocycles. The summed E-state index contributed by atoms with van der Waals surface area (Å²) >= 11 is 6.28. The summed E-state index contributed by atoms with van der Waals surface area (Å²) in [6, 6.07) is 0. The molecular formula is C16H17ClN2. The van der Waals surface area contributed by atoms with Crippen LogP contribution in [0.1, 0.15) is 32.1 Å². The number of rotatable bonds is 2. The van der Waals surface area contributed by atoms with Crippen LogP contribution in [-0.4, -0.2) is 17.0 Å². The van der Waals surface area contributed by atoms with Crippen molar-refractivity contribution in [2.75, 3.05) is 0 Å². The zero-order valence-corrected chi connectivity index (χ0v) is 11.6. The van der Waals surface area contributed by atoms with Crippen LogP contribution in [0.3, 0.4) is 0 Å². The molecule has 0 aromatic rings. The maximum atomic E-state index is 6.28. The van der Waals surface area contributed by atoms with Crippen LogP contribution >= 0.6 is 11.6 Å². The molecule has 2 nitrogen and oxygen atoms in total. The van der Waals surface area contributed by atoms with E-state index in [0.29, 0.717) is 0 Å².